The molecule has 0 radical (unpaired) electrons. The van der Waals surface area contributed by atoms with Crippen LogP contribution in [0.2, 0.25) is 0 Å². The number of hydrogen-bond acceptors (Lipinski definition) is 6. The second-order valence-electron chi connectivity index (χ2n) is 5.65. The molecule has 0 saturated carbocycles. The fourth-order valence-corrected chi connectivity index (χ4v) is 2.87. The van der Waals surface area contributed by atoms with E-state index < -0.39 is 5.91 Å². The van der Waals surface area contributed by atoms with Gasteiger partial charge in [-0.3, -0.25) is 10.1 Å². The van der Waals surface area contributed by atoms with Crippen LogP contribution in [-0.4, -0.2) is 22.7 Å². The summed E-state index contributed by atoms with van der Waals surface area (Å²) in [4.78, 5) is 12.3. The molecule has 26 heavy (non-hydrogen) atoms. The van der Waals surface area contributed by atoms with E-state index in [2.05, 4.69) is 22.4 Å². The number of unbranched alkanes of at least 4 members (excludes halogenated alkanes) is 1. The molecule has 2 rings (SSSR count). The molecule has 0 aliphatic carbocycles. The Balaban J connectivity index is 2.02. The number of nitriles is 1. The second kappa shape index (κ2) is 10.3. The molecule has 0 aliphatic heterocycles. The Labute approximate surface area is 157 Å². The van der Waals surface area contributed by atoms with Gasteiger partial charge in [0.15, 0.2) is 0 Å². The van der Waals surface area contributed by atoms with Gasteiger partial charge in [0.25, 0.3) is 5.91 Å². The minimum absolute atomic E-state index is 0.0116. The average molecular weight is 370 g/mol. The van der Waals surface area contributed by atoms with Crippen molar-refractivity contribution in [2.45, 2.75) is 39.5 Å². The van der Waals surface area contributed by atoms with Crippen LogP contribution in [-0.2, 0) is 11.2 Å². The van der Waals surface area contributed by atoms with Crippen molar-refractivity contribution in [2.24, 2.45) is 0 Å². The maximum Gasteiger partial charge on any atom is 0.268 e. The number of carbonyl (C=O) groups excluding carboxylic acids is 1. The van der Waals surface area contributed by atoms with Crippen molar-refractivity contribution >= 4 is 28.5 Å². The number of amides is 1. The number of carbonyl (C=O) groups is 1. The first kappa shape index (κ1) is 19.6. The van der Waals surface area contributed by atoms with Crippen molar-refractivity contribution in [3.8, 4) is 11.8 Å². The highest BCUT2D eigenvalue weighted by Gasteiger charge is 2.12. The molecule has 0 unspecified atom stereocenters. The first-order valence-electron chi connectivity index (χ1n) is 8.64. The maximum atomic E-state index is 12.3. The van der Waals surface area contributed by atoms with E-state index in [1.807, 2.05) is 37.3 Å². The lowest BCUT2D eigenvalue weighted by Crippen LogP contribution is -2.13. The molecule has 0 aliphatic rings. The highest BCUT2D eigenvalue weighted by Crippen LogP contribution is 2.19. The summed E-state index contributed by atoms with van der Waals surface area (Å²) < 4.78 is 5.52. The monoisotopic (exact) mass is 370 g/mol. The number of benzene rings is 1. The molecular formula is C19H22N4O2S. The van der Waals surface area contributed by atoms with Gasteiger partial charge in [-0.15, -0.1) is 10.2 Å². The summed E-state index contributed by atoms with van der Waals surface area (Å²) >= 11 is 1.34. The normalized spacial score (nSPS) is 11.0. The number of nitrogens with one attached hydrogen (secondary N) is 1. The van der Waals surface area contributed by atoms with Gasteiger partial charge >= 0.3 is 0 Å². The summed E-state index contributed by atoms with van der Waals surface area (Å²) in [6.07, 6.45) is 5.43. The molecule has 0 fully saturated rings. The van der Waals surface area contributed by atoms with Crippen molar-refractivity contribution in [3.63, 3.8) is 0 Å². The van der Waals surface area contributed by atoms with Crippen molar-refractivity contribution in [1.29, 1.82) is 5.26 Å². The van der Waals surface area contributed by atoms with E-state index in [-0.39, 0.29) is 5.57 Å². The van der Waals surface area contributed by atoms with Crippen molar-refractivity contribution in [3.05, 3.63) is 40.4 Å². The molecule has 0 atom stereocenters. The summed E-state index contributed by atoms with van der Waals surface area (Å²) in [5.74, 6) is 0.275. The summed E-state index contributed by atoms with van der Waals surface area (Å²) in [6, 6.07) is 9.19. The molecule has 1 heterocycles. The topological polar surface area (TPSA) is 87.9 Å². The van der Waals surface area contributed by atoms with E-state index in [1.54, 1.807) is 0 Å². The van der Waals surface area contributed by atoms with Crippen LogP contribution in [0.1, 0.15) is 43.7 Å². The lowest BCUT2D eigenvalue weighted by atomic mass is 10.1. The van der Waals surface area contributed by atoms with Crippen molar-refractivity contribution in [2.75, 3.05) is 11.9 Å². The maximum absolute atomic E-state index is 12.3. The summed E-state index contributed by atoms with van der Waals surface area (Å²) in [5.41, 5.74) is 0.763. The van der Waals surface area contributed by atoms with E-state index >= 15 is 0 Å². The molecule has 136 valence electrons. The molecule has 1 aromatic heterocycles. The Kier molecular flexibility index (Phi) is 7.77. The number of aromatic nitrogens is 2. The summed E-state index contributed by atoms with van der Waals surface area (Å²) in [7, 11) is 0. The van der Waals surface area contributed by atoms with Crippen LogP contribution in [0.15, 0.2) is 29.8 Å². The van der Waals surface area contributed by atoms with Crippen molar-refractivity contribution in [1.82, 2.24) is 10.2 Å². The van der Waals surface area contributed by atoms with E-state index in [0.717, 1.165) is 42.0 Å². The molecule has 6 nitrogen and oxygen atoms in total. The minimum atomic E-state index is -0.489. The molecule has 0 bridgehead atoms. The zero-order valence-electron chi connectivity index (χ0n) is 15.0. The van der Waals surface area contributed by atoms with Gasteiger partial charge < -0.3 is 4.74 Å². The molecule has 2 aromatic rings. The van der Waals surface area contributed by atoms with Gasteiger partial charge in [-0.1, -0.05) is 43.7 Å². The third-order valence-corrected chi connectivity index (χ3v) is 4.36. The van der Waals surface area contributed by atoms with E-state index in [4.69, 9.17) is 4.74 Å². The number of ether oxygens (including phenoxy) is 1. The quantitative estimate of drug-likeness (QED) is 0.527. The number of nitrogens with zero attached hydrogens (tertiary/aromatic N) is 3. The first-order valence-corrected chi connectivity index (χ1v) is 9.46. The van der Waals surface area contributed by atoms with Crippen LogP contribution in [0, 0.1) is 11.3 Å². The zero-order chi connectivity index (χ0) is 18.8. The Bertz CT molecular complexity index is 791. The van der Waals surface area contributed by atoms with Crippen molar-refractivity contribution < 1.29 is 9.53 Å². The molecule has 0 spiro atoms. The highest BCUT2D eigenvalue weighted by atomic mass is 32.1. The van der Waals surface area contributed by atoms with Crippen LogP contribution in [0.5, 0.6) is 5.75 Å². The van der Waals surface area contributed by atoms with Gasteiger partial charge in [-0.05, 0) is 36.6 Å². The number of rotatable bonds is 9. The molecule has 7 heteroatoms. The fourth-order valence-electron chi connectivity index (χ4n) is 2.09. The Morgan fingerprint density at radius 3 is 2.69 bits per heavy atom. The predicted molar refractivity (Wildman–Crippen MR) is 103 cm³/mol. The first-order chi connectivity index (χ1) is 12.7. The molecule has 1 N–H and O–H groups in total. The van der Waals surface area contributed by atoms with Crippen LogP contribution in [0.3, 0.4) is 0 Å². The smallest absolute Gasteiger partial charge is 0.268 e. The molecule has 1 amide bonds. The van der Waals surface area contributed by atoms with Crippen LogP contribution in [0.25, 0.3) is 6.08 Å². The zero-order valence-corrected chi connectivity index (χ0v) is 15.8. The molecule has 0 saturated heterocycles. The second-order valence-corrected chi connectivity index (χ2v) is 6.71. The van der Waals surface area contributed by atoms with Crippen LogP contribution < -0.4 is 10.1 Å². The number of aryl methyl sites for hydroxylation is 1. The number of anilines is 1. The van der Waals surface area contributed by atoms with Gasteiger partial charge in [0, 0.05) is 6.42 Å². The van der Waals surface area contributed by atoms with E-state index in [0.29, 0.717) is 11.7 Å². The van der Waals surface area contributed by atoms with Gasteiger partial charge in [0.2, 0.25) is 5.13 Å². The van der Waals surface area contributed by atoms with Gasteiger partial charge in [-0.25, -0.2) is 0 Å². The minimum Gasteiger partial charge on any atom is -0.494 e. The van der Waals surface area contributed by atoms with E-state index in [9.17, 15) is 10.1 Å². The Hall–Kier alpha value is -2.72. The predicted octanol–water partition coefficient (Wildman–Crippen LogP) is 4.22. The molecule has 1 aromatic carbocycles. The molecular weight excluding hydrogens is 348 g/mol. The van der Waals surface area contributed by atoms with Gasteiger partial charge in [-0.2, -0.15) is 5.26 Å². The SMILES string of the molecule is CCCCc1nnc(NC(=O)C(C#N)=Cc2ccc(OCCC)cc2)s1. The Morgan fingerprint density at radius 1 is 1.27 bits per heavy atom. The summed E-state index contributed by atoms with van der Waals surface area (Å²) in [5, 5.41) is 21.2. The number of hydrogen-bond donors (Lipinski definition) is 1. The lowest BCUT2D eigenvalue weighted by Gasteiger charge is -2.04. The third-order valence-electron chi connectivity index (χ3n) is 3.46. The highest BCUT2D eigenvalue weighted by molar-refractivity contribution is 7.15. The van der Waals surface area contributed by atoms with Gasteiger partial charge in [0.05, 0.1) is 6.61 Å². The standard InChI is InChI=1S/C19H22N4O2S/c1-3-5-6-17-22-23-19(26-17)21-18(24)15(13-20)12-14-7-9-16(10-8-14)25-11-4-2/h7-10,12H,3-6,11H2,1-2H3,(H,21,23,24). The fraction of sp³-hybridized carbons (Fsp3) is 0.368. The Morgan fingerprint density at radius 2 is 2.04 bits per heavy atom. The van der Waals surface area contributed by atoms with Gasteiger partial charge in [0.1, 0.15) is 22.4 Å². The third kappa shape index (κ3) is 5.97. The largest absolute Gasteiger partial charge is 0.494 e. The average Bonchev–Trinajstić information content (AvgIpc) is 3.10. The lowest BCUT2D eigenvalue weighted by molar-refractivity contribution is -0.112. The summed E-state index contributed by atoms with van der Waals surface area (Å²) in [6.45, 7) is 4.80. The van der Waals surface area contributed by atoms with Crippen LogP contribution in [0.4, 0.5) is 5.13 Å². The van der Waals surface area contributed by atoms with Crippen LogP contribution >= 0.6 is 11.3 Å². The van der Waals surface area contributed by atoms with E-state index in [1.165, 1.54) is 17.4 Å².